The topological polar surface area (TPSA) is 64.3 Å². The molecule has 1 aromatic rings. The average Bonchev–Trinajstić information content (AvgIpc) is 2.45. The van der Waals surface area contributed by atoms with E-state index in [1.807, 2.05) is 6.92 Å². The first-order chi connectivity index (χ1) is 10.3. The Hall–Kier alpha value is -1.55. The van der Waals surface area contributed by atoms with Gasteiger partial charge in [-0.05, 0) is 43.9 Å². The second-order valence-electron chi connectivity index (χ2n) is 6.60. The largest absolute Gasteiger partial charge is 0.487 e. The zero-order chi connectivity index (χ0) is 16.5. The number of carbonyl (C=O) groups excluding carboxylic acids is 1. The summed E-state index contributed by atoms with van der Waals surface area (Å²) in [6, 6.07) is 4.17. The van der Waals surface area contributed by atoms with E-state index >= 15 is 0 Å². The lowest BCUT2D eigenvalue weighted by molar-refractivity contribution is -0.120. The molecule has 0 spiro atoms. The summed E-state index contributed by atoms with van der Waals surface area (Å²) >= 11 is 0. The number of hydrogen-bond donors (Lipinski definition) is 2. The van der Waals surface area contributed by atoms with E-state index in [0.717, 1.165) is 36.1 Å². The summed E-state index contributed by atoms with van der Waals surface area (Å²) in [4.78, 5) is 11.6. The van der Waals surface area contributed by atoms with Gasteiger partial charge in [0.05, 0.1) is 6.04 Å². The number of carbonyl (C=O) groups is 1. The minimum atomic E-state index is -0.250. The number of fused-ring (bicyclic) bond motifs is 1. The Labute approximate surface area is 133 Å². The summed E-state index contributed by atoms with van der Waals surface area (Å²) in [5, 5.41) is 3.09. The smallest absolute Gasteiger partial charge is 0.217 e. The number of aryl methyl sites for hydroxylation is 1. The molecule has 1 amide bonds. The van der Waals surface area contributed by atoms with Crippen molar-refractivity contribution in [2.24, 2.45) is 5.73 Å². The second kappa shape index (κ2) is 6.29. The normalized spacial score (nSPS) is 25.1. The molecule has 1 aromatic carbocycles. The van der Waals surface area contributed by atoms with Gasteiger partial charge in [-0.25, -0.2) is 0 Å². The van der Waals surface area contributed by atoms with E-state index in [9.17, 15) is 4.79 Å². The molecule has 1 aliphatic rings. The van der Waals surface area contributed by atoms with Crippen molar-refractivity contribution in [3.63, 3.8) is 0 Å². The van der Waals surface area contributed by atoms with Crippen molar-refractivity contribution >= 4 is 5.91 Å². The lowest BCUT2D eigenvalue weighted by Gasteiger charge is -2.41. The quantitative estimate of drug-likeness (QED) is 0.896. The van der Waals surface area contributed by atoms with Gasteiger partial charge in [-0.2, -0.15) is 0 Å². The summed E-state index contributed by atoms with van der Waals surface area (Å²) in [5.74, 6) is 0.918. The highest BCUT2D eigenvalue weighted by molar-refractivity contribution is 5.73. The molecule has 1 heterocycles. The predicted molar refractivity (Wildman–Crippen MR) is 88.9 cm³/mol. The fraction of sp³-hybridized carbons (Fsp3) is 0.611. The molecule has 0 saturated carbocycles. The number of benzene rings is 1. The monoisotopic (exact) mass is 304 g/mol. The van der Waals surface area contributed by atoms with Crippen molar-refractivity contribution < 1.29 is 9.53 Å². The third kappa shape index (κ3) is 3.27. The van der Waals surface area contributed by atoms with Crippen LogP contribution in [0.25, 0.3) is 0 Å². The molecule has 4 heteroatoms. The molecule has 0 aliphatic carbocycles. The Balaban J connectivity index is 2.57. The minimum Gasteiger partial charge on any atom is -0.487 e. The van der Waals surface area contributed by atoms with Gasteiger partial charge in [0.15, 0.2) is 0 Å². The summed E-state index contributed by atoms with van der Waals surface area (Å²) in [6.45, 7) is 9.90. The first kappa shape index (κ1) is 16.8. The highest BCUT2D eigenvalue weighted by atomic mass is 16.5. The maximum Gasteiger partial charge on any atom is 0.217 e. The number of hydrogen-bond acceptors (Lipinski definition) is 3. The lowest BCUT2D eigenvalue weighted by Crippen LogP contribution is -2.43. The molecule has 0 aromatic heterocycles. The number of rotatable bonds is 4. The van der Waals surface area contributed by atoms with Crippen molar-refractivity contribution in [1.82, 2.24) is 5.32 Å². The molecule has 3 atom stereocenters. The molecular formula is C18H28N2O2. The van der Waals surface area contributed by atoms with Gasteiger partial charge >= 0.3 is 0 Å². The molecule has 1 aliphatic heterocycles. The molecule has 122 valence electrons. The van der Waals surface area contributed by atoms with Crippen LogP contribution in [0.4, 0.5) is 0 Å². The van der Waals surface area contributed by atoms with Crippen LogP contribution in [-0.2, 0) is 11.2 Å². The number of nitrogens with two attached hydrogens (primary N) is 1. The van der Waals surface area contributed by atoms with E-state index in [4.69, 9.17) is 10.5 Å². The predicted octanol–water partition coefficient (Wildman–Crippen LogP) is 3.40. The molecule has 3 N–H and O–H groups in total. The lowest BCUT2D eigenvalue weighted by atomic mass is 9.84. The highest BCUT2D eigenvalue weighted by Crippen LogP contribution is 2.44. The van der Waals surface area contributed by atoms with E-state index in [1.165, 1.54) is 5.56 Å². The van der Waals surface area contributed by atoms with Crippen LogP contribution in [0.1, 0.15) is 76.2 Å². The zero-order valence-corrected chi connectivity index (χ0v) is 14.3. The second-order valence-corrected chi connectivity index (χ2v) is 6.60. The Morgan fingerprint density at radius 1 is 1.50 bits per heavy atom. The van der Waals surface area contributed by atoms with E-state index in [-0.39, 0.29) is 23.6 Å². The minimum absolute atomic E-state index is 0.0134. The van der Waals surface area contributed by atoms with E-state index in [1.54, 1.807) is 6.92 Å². The van der Waals surface area contributed by atoms with E-state index in [2.05, 4.69) is 38.2 Å². The van der Waals surface area contributed by atoms with Crippen LogP contribution in [0.3, 0.4) is 0 Å². The Morgan fingerprint density at radius 3 is 2.68 bits per heavy atom. The van der Waals surface area contributed by atoms with Crippen LogP contribution in [0.15, 0.2) is 12.1 Å². The third-order valence-electron chi connectivity index (χ3n) is 4.61. The van der Waals surface area contributed by atoms with Crippen molar-refractivity contribution in [3.8, 4) is 5.75 Å². The van der Waals surface area contributed by atoms with Crippen molar-refractivity contribution in [2.75, 3.05) is 0 Å². The molecule has 2 rings (SSSR count). The number of amides is 1. The van der Waals surface area contributed by atoms with Crippen LogP contribution in [0.5, 0.6) is 5.75 Å². The SMILES string of the molecule is CCc1cc(C(C)N)cc2c1OC(C)(CC)CC2NC(C)=O. The van der Waals surface area contributed by atoms with Gasteiger partial charge in [-0.1, -0.05) is 19.9 Å². The van der Waals surface area contributed by atoms with Gasteiger partial charge in [0, 0.05) is 24.9 Å². The van der Waals surface area contributed by atoms with Gasteiger partial charge < -0.3 is 15.8 Å². The van der Waals surface area contributed by atoms with Crippen LogP contribution in [0, 0.1) is 0 Å². The first-order valence-corrected chi connectivity index (χ1v) is 8.18. The summed E-state index contributed by atoms with van der Waals surface area (Å²) in [5.41, 5.74) is 9.14. The van der Waals surface area contributed by atoms with Crippen LogP contribution in [-0.4, -0.2) is 11.5 Å². The van der Waals surface area contributed by atoms with Gasteiger partial charge in [0.25, 0.3) is 0 Å². The van der Waals surface area contributed by atoms with E-state index in [0.29, 0.717) is 0 Å². The van der Waals surface area contributed by atoms with Crippen LogP contribution >= 0.6 is 0 Å². The van der Waals surface area contributed by atoms with Crippen molar-refractivity contribution in [1.29, 1.82) is 0 Å². The van der Waals surface area contributed by atoms with Crippen molar-refractivity contribution in [2.45, 2.75) is 71.6 Å². The number of ether oxygens (including phenoxy) is 1. The highest BCUT2D eigenvalue weighted by Gasteiger charge is 2.37. The Kier molecular flexibility index (Phi) is 4.81. The van der Waals surface area contributed by atoms with Gasteiger partial charge in [0.2, 0.25) is 5.91 Å². The molecular weight excluding hydrogens is 276 g/mol. The van der Waals surface area contributed by atoms with Crippen molar-refractivity contribution in [3.05, 3.63) is 28.8 Å². The van der Waals surface area contributed by atoms with Gasteiger partial charge in [-0.15, -0.1) is 0 Å². The van der Waals surface area contributed by atoms with Crippen LogP contribution < -0.4 is 15.8 Å². The average molecular weight is 304 g/mol. The molecule has 0 saturated heterocycles. The summed E-state index contributed by atoms with van der Waals surface area (Å²) in [6.07, 6.45) is 2.57. The Bertz CT molecular complexity index is 568. The summed E-state index contributed by atoms with van der Waals surface area (Å²) in [7, 11) is 0. The fourth-order valence-electron chi connectivity index (χ4n) is 3.07. The Morgan fingerprint density at radius 2 is 2.18 bits per heavy atom. The molecule has 0 fully saturated rings. The van der Waals surface area contributed by atoms with Crippen LogP contribution in [0.2, 0.25) is 0 Å². The maximum absolute atomic E-state index is 11.6. The summed E-state index contributed by atoms with van der Waals surface area (Å²) < 4.78 is 6.35. The zero-order valence-electron chi connectivity index (χ0n) is 14.3. The molecule has 3 unspecified atom stereocenters. The van der Waals surface area contributed by atoms with Gasteiger partial charge in [-0.3, -0.25) is 4.79 Å². The molecule has 0 radical (unpaired) electrons. The molecule has 22 heavy (non-hydrogen) atoms. The van der Waals surface area contributed by atoms with Gasteiger partial charge in [0.1, 0.15) is 11.4 Å². The first-order valence-electron chi connectivity index (χ1n) is 8.18. The molecule has 4 nitrogen and oxygen atoms in total. The maximum atomic E-state index is 11.6. The third-order valence-corrected chi connectivity index (χ3v) is 4.61. The van der Waals surface area contributed by atoms with E-state index < -0.39 is 0 Å². The number of nitrogens with one attached hydrogen (secondary N) is 1. The molecule has 0 bridgehead atoms. The fourth-order valence-corrected chi connectivity index (χ4v) is 3.07. The standard InChI is InChI=1S/C18H28N2O2/c1-6-13-8-14(11(3)19)9-15-16(20-12(4)21)10-18(5,7-2)22-17(13)15/h8-9,11,16H,6-7,10,19H2,1-5H3,(H,20,21).